The van der Waals surface area contributed by atoms with Gasteiger partial charge in [-0.15, -0.1) is 0 Å². The summed E-state index contributed by atoms with van der Waals surface area (Å²) < 4.78 is 52.2. The molecule has 8 heteroatoms. The molecule has 0 saturated carbocycles. The smallest absolute Gasteiger partial charge is 0.387 e. The van der Waals surface area contributed by atoms with Gasteiger partial charge in [0.1, 0.15) is 0 Å². The Morgan fingerprint density at radius 2 is 1.80 bits per heavy atom. The number of nitro groups is 1. The van der Waals surface area contributed by atoms with Gasteiger partial charge >= 0.3 is 12.3 Å². The standard InChI is InChI=1S/C7H3F4NO3/c8-3-1-5(12(13)14)6(2-4(3)9)15-7(10)11/h1-2,7H. The van der Waals surface area contributed by atoms with E-state index in [1.807, 2.05) is 0 Å². The molecular weight excluding hydrogens is 222 g/mol. The lowest BCUT2D eigenvalue weighted by atomic mass is 10.3. The molecule has 4 nitrogen and oxygen atoms in total. The van der Waals surface area contributed by atoms with Crippen LogP contribution in [0.3, 0.4) is 0 Å². The van der Waals surface area contributed by atoms with Gasteiger partial charge in [-0.05, 0) is 0 Å². The van der Waals surface area contributed by atoms with E-state index < -0.39 is 34.6 Å². The van der Waals surface area contributed by atoms with Crippen LogP contribution in [-0.4, -0.2) is 11.5 Å². The van der Waals surface area contributed by atoms with Gasteiger partial charge in [0.2, 0.25) is 5.75 Å². The van der Waals surface area contributed by atoms with Crippen LogP contribution in [0.4, 0.5) is 23.2 Å². The summed E-state index contributed by atoms with van der Waals surface area (Å²) in [5, 5.41) is 10.3. The van der Waals surface area contributed by atoms with Gasteiger partial charge < -0.3 is 4.74 Å². The molecule has 0 bridgehead atoms. The summed E-state index contributed by atoms with van der Waals surface area (Å²) in [7, 11) is 0. The average molecular weight is 225 g/mol. The average Bonchev–Trinajstić information content (AvgIpc) is 2.09. The molecule has 0 aliphatic rings. The first kappa shape index (κ1) is 11.2. The molecule has 0 aliphatic heterocycles. The molecule has 1 aromatic rings. The molecule has 0 N–H and O–H groups in total. The minimum Gasteiger partial charge on any atom is -0.427 e. The maximum absolute atomic E-state index is 12.6. The number of hydrogen-bond acceptors (Lipinski definition) is 3. The lowest BCUT2D eigenvalue weighted by Gasteiger charge is -2.05. The van der Waals surface area contributed by atoms with Crippen LogP contribution in [0, 0.1) is 21.7 Å². The molecule has 15 heavy (non-hydrogen) atoms. The van der Waals surface area contributed by atoms with E-state index in [0.29, 0.717) is 0 Å². The third kappa shape index (κ3) is 2.55. The van der Waals surface area contributed by atoms with E-state index >= 15 is 0 Å². The maximum Gasteiger partial charge on any atom is 0.387 e. The Bertz CT molecular complexity index is 396. The number of nitrogens with zero attached hydrogens (tertiary/aromatic N) is 1. The van der Waals surface area contributed by atoms with Crippen molar-refractivity contribution in [2.45, 2.75) is 6.61 Å². The third-order valence-corrected chi connectivity index (χ3v) is 1.41. The summed E-state index contributed by atoms with van der Waals surface area (Å²) in [4.78, 5) is 9.11. The molecule has 0 atom stereocenters. The normalized spacial score (nSPS) is 10.5. The summed E-state index contributed by atoms with van der Waals surface area (Å²) in [6.45, 7) is -3.35. The van der Waals surface area contributed by atoms with Crippen LogP contribution in [-0.2, 0) is 0 Å². The number of benzene rings is 1. The second-order valence-electron chi connectivity index (χ2n) is 2.37. The van der Waals surface area contributed by atoms with Crippen LogP contribution in [0.2, 0.25) is 0 Å². The van der Waals surface area contributed by atoms with E-state index in [-0.39, 0.29) is 12.1 Å². The van der Waals surface area contributed by atoms with Crippen molar-refractivity contribution in [2.24, 2.45) is 0 Å². The highest BCUT2D eigenvalue weighted by molar-refractivity contribution is 5.46. The van der Waals surface area contributed by atoms with Gasteiger partial charge in [0.05, 0.1) is 11.0 Å². The number of ether oxygens (including phenoxy) is 1. The van der Waals surface area contributed by atoms with Gasteiger partial charge in [0, 0.05) is 6.07 Å². The minimum absolute atomic E-state index is 0.174. The second kappa shape index (κ2) is 4.11. The first-order valence-electron chi connectivity index (χ1n) is 3.50. The molecule has 82 valence electrons. The molecule has 0 spiro atoms. The lowest BCUT2D eigenvalue weighted by Crippen LogP contribution is -2.05. The van der Waals surface area contributed by atoms with Gasteiger partial charge in [-0.2, -0.15) is 8.78 Å². The van der Waals surface area contributed by atoms with Crippen LogP contribution in [0.25, 0.3) is 0 Å². The molecule has 1 rings (SSSR count). The fourth-order valence-electron chi connectivity index (χ4n) is 0.851. The van der Waals surface area contributed by atoms with E-state index in [4.69, 9.17) is 0 Å². The van der Waals surface area contributed by atoms with Crippen molar-refractivity contribution in [2.75, 3.05) is 0 Å². The maximum atomic E-state index is 12.6. The Labute approximate surface area is 80.2 Å². The fraction of sp³-hybridized carbons (Fsp3) is 0.143. The topological polar surface area (TPSA) is 52.4 Å². The molecule has 0 unspecified atom stereocenters. The Hall–Kier alpha value is -1.86. The lowest BCUT2D eigenvalue weighted by molar-refractivity contribution is -0.386. The third-order valence-electron chi connectivity index (χ3n) is 1.41. The molecule has 0 fully saturated rings. The van der Waals surface area contributed by atoms with Crippen LogP contribution in [0.5, 0.6) is 5.75 Å². The Morgan fingerprint density at radius 3 is 2.27 bits per heavy atom. The predicted octanol–water partition coefficient (Wildman–Crippen LogP) is 2.47. The van der Waals surface area contributed by atoms with Gasteiger partial charge in [0.25, 0.3) is 0 Å². The SMILES string of the molecule is O=[N+]([O-])c1cc(F)c(F)cc1OC(F)F. The van der Waals surface area contributed by atoms with Crippen LogP contribution < -0.4 is 4.74 Å². The quantitative estimate of drug-likeness (QED) is 0.451. The van der Waals surface area contributed by atoms with E-state index in [2.05, 4.69) is 4.74 Å². The molecule has 1 aromatic carbocycles. The largest absolute Gasteiger partial charge is 0.427 e. The van der Waals surface area contributed by atoms with Crippen molar-refractivity contribution in [1.82, 2.24) is 0 Å². The summed E-state index contributed by atoms with van der Waals surface area (Å²) >= 11 is 0. The van der Waals surface area contributed by atoms with Crippen molar-refractivity contribution < 1.29 is 27.2 Å². The van der Waals surface area contributed by atoms with Crippen molar-refractivity contribution in [1.29, 1.82) is 0 Å². The number of alkyl halides is 2. The van der Waals surface area contributed by atoms with E-state index in [0.717, 1.165) is 0 Å². The Balaban J connectivity index is 3.22. The molecular formula is C7H3F4NO3. The summed E-state index contributed by atoms with van der Waals surface area (Å²) in [6.07, 6.45) is 0. The molecule has 0 saturated heterocycles. The fourth-order valence-corrected chi connectivity index (χ4v) is 0.851. The number of nitro benzene ring substituents is 1. The summed E-state index contributed by atoms with van der Waals surface area (Å²) in [6, 6.07) is 0.368. The van der Waals surface area contributed by atoms with Crippen LogP contribution in [0.15, 0.2) is 12.1 Å². The van der Waals surface area contributed by atoms with Gasteiger partial charge in [-0.25, -0.2) is 8.78 Å². The first-order valence-corrected chi connectivity index (χ1v) is 3.50. The number of hydrogen-bond donors (Lipinski definition) is 0. The van der Waals surface area contributed by atoms with Gasteiger partial charge in [0.15, 0.2) is 11.6 Å². The molecule has 0 amide bonds. The van der Waals surface area contributed by atoms with Crippen molar-refractivity contribution in [3.05, 3.63) is 33.9 Å². The van der Waals surface area contributed by atoms with E-state index in [9.17, 15) is 27.7 Å². The first-order chi connectivity index (χ1) is 6.91. The Morgan fingerprint density at radius 1 is 1.27 bits per heavy atom. The zero-order valence-corrected chi connectivity index (χ0v) is 6.92. The zero-order chi connectivity index (χ0) is 11.6. The summed E-state index contributed by atoms with van der Waals surface area (Å²) in [5.74, 6) is -4.03. The van der Waals surface area contributed by atoms with E-state index in [1.165, 1.54) is 0 Å². The minimum atomic E-state index is -3.35. The molecule has 0 heterocycles. The predicted molar refractivity (Wildman–Crippen MR) is 39.6 cm³/mol. The summed E-state index contributed by atoms with van der Waals surface area (Å²) in [5.41, 5.74) is -1.06. The molecule has 0 radical (unpaired) electrons. The van der Waals surface area contributed by atoms with Crippen LogP contribution >= 0.6 is 0 Å². The monoisotopic (exact) mass is 225 g/mol. The second-order valence-corrected chi connectivity index (χ2v) is 2.37. The highest BCUT2D eigenvalue weighted by atomic mass is 19.3. The highest BCUT2D eigenvalue weighted by Crippen LogP contribution is 2.30. The van der Waals surface area contributed by atoms with E-state index in [1.54, 1.807) is 0 Å². The highest BCUT2D eigenvalue weighted by Gasteiger charge is 2.22. The van der Waals surface area contributed by atoms with Crippen molar-refractivity contribution in [3.63, 3.8) is 0 Å². The molecule has 0 aliphatic carbocycles. The molecule has 0 aromatic heterocycles. The Kier molecular flexibility index (Phi) is 3.08. The van der Waals surface area contributed by atoms with Crippen molar-refractivity contribution >= 4 is 5.69 Å². The number of rotatable bonds is 3. The van der Waals surface area contributed by atoms with Gasteiger partial charge in [-0.1, -0.05) is 0 Å². The van der Waals surface area contributed by atoms with Crippen molar-refractivity contribution in [3.8, 4) is 5.75 Å². The number of halogens is 4. The zero-order valence-electron chi connectivity index (χ0n) is 6.92. The van der Waals surface area contributed by atoms with Crippen LogP contribution in [0.1, 0.15) is 0 Å². The van der Waals surface area contributed by atoms with Gasteiger partial charge in [-0.3, -0.25) is 10.1 Å².